The average Bonchev–Trinajstić information content (AvgIpc) is 3.25. The number of hydrogen-bond donors (Lipinski definition) is 2. The minimum Gasteiger partial charge on any atom is -0.464 e. The predicted octanol–water partition coefficient (Wildman–Crippen LogP) is 3.81. The van der Waals surface area contributed by atoms with Gasteiger partial charge in [-0.25, -0.2) is 24.8 Å². The van der Waals surface area contributed by atoms with Gasteiger partial charge in [0.15, 0.2) is 17.6 Å². The van der Waals surface area contributed by atoms with Gasteiger partial charge < -0.3 is 29.0 Å². The molecule has 0 aromatic carbocycles. The summed E-state index contributed by atoms with van der Waals surface area (Å²) in [5.74, 6) is -1.01. The van der Waals surface area contributed by atoms with E-state index < -0.39 is 43.6 Å². The van der Waals surface area contributed by atoms with Crippen LogP contribution in [0.2, 0.25) is 0 Å². The first kappa shape index (κ1) is 32.6. The molecule has 0 spiro atoms. The molecule has 0 aliphatic heterocycles. The van der Waals surface area contributed by atoms with E-state index in [-0.39, 0.29) is 18.5 Å². The van der Waals surface area contributed by atoms with Gasteiger partial charge in [-0.05, 0) is 48.0 Å². The Morgan fingerprint density at radius 2 is 1.85 bits per heavy atom. The maximum Gasteiger partial charge on any atom is 0.335 e. The summed E-state index contributed by atoms with van der Waals surface area (Å²) in [6.45, 7) is 12.3. The highest BCUT2D eigenvalue weighted by Gasteiger charge is 2.40. The van der Waals surface area contributed by atoms with Gasteiger partial charge in [0, 0.05) is 0 Å². The van der Waals surface area contributed by atoms with Crippen LogP contribution in [0, 0.1) is 0 Å². The second-order valence-corrected chi connectivity index (χ2v) is 12.3. The molecule has 0 radical (unpaired) electrons. The van der Waals surface area contributed by atoms with Crippen molar-refractivity contribution < 1.29 is 32.9 Å². The molecule has 0 saturated heterocycles. The molecule has 14 heteroatoms. The number of aromatic nitrogens is 4. The number of nitrogens with two attached hydrogens (primary N) is 1. The van der Waals surface area contributed by atoms with E-state index in [2.05, 4.69) is 27.0 Å². The summed E-state index contributed by atoms with van der Waals surface area (Å²) in [5.41, 5.74) is 5.47. The van der Waals surface area contributed by atoms with E-state index in [0.29, 0.717) is 17.7 Å². The lowest BCUT2D eigenvalue weighted by Gasteiger charge is -2.31. The number of unbranched alkanes of at least 4 members (excludes halogenated alkanes) is 3. The maximum absolute atomic E-state index is 14.0. The highest BCUT2D eigenvalue weighted by atomic mass is 31.2. The third-order valence-electron chi connectivity index (χ3n) is 5.62. The minimum absolute atomic E-state index is 0.257. The number of carbonyl (C=O) groups excluding carboxylic acids is 2. The number of fused-ring (bicyclic) bond motifs is 1. The van der Waals surface area contributed by atoms with Crippen LogP contribution in [0.5, 0.6) is 0 Å². The van der Waals surface area contributed by atoms with Crippen LogP contribution in [0.4, 0.5) is 5.82 Å². The molecular formula is C25H43N6O7P. The third kappa shape index (κ3) is 10.1. The molecule has 0 amide bonds. The van der Waals surface area contributed by atoms with Crippen LogP contribution in [0.15, 0.2) is 12.7 Å². The van der Waals surface area contributed by atoms with E-state index in [0.717, 1.165) is 25.7 Å². The van der Waals surface area contributed by atoms with Crippen molar-refractivity contribution >= 4 is 36.4 Å². The molecule has 0 aliphatic carbocycles. The molecule has 3 N–H and O–H groups in total. The SMILES string of the molecule is CCCCCCOC(=O)C(C)(C)NP(=O)(COC(C)Cn1cnc2c(N)ncnc21)OC(C)C(=O)OC(C)C. The summed E-state index contributed by atoms with van der Waals surface area (Å²) in [7, 11) is -3.94. The number of nitrogens with one attached hydrogen (secondary N) is 1. The van der Waals surface area contributed by atoms with E-state index in [1.165, 1.54) is 13.3 Å². The number of esters is 2. The molecule has 13 nitrogen and oxygen atoms in total. The second-order valence-electron chi connectivity index (χ2n) is 10.3. The van der Waals surface area contributed by atoms with Crippen LogP contribution in [0.25, 0.3) is 11.2 Å². The van der Waals surface area contributed by atoms with Gasteiger partial charge in [-0.1, -0.05) is 26.2 Å². The molecule has 3 atom stereocenters. The lowest BCUT2D eigenvalue weighted by Crippen LogP contribution is -2.47. The van der Waals surface area contributed by atoms with Gasteiger partial charge in [-0.3, -0.25) is 9.36 Å². The fourth-order valence-corrected chi connectivity index (χ4v) is 5.82. The number of nitrogens with zero attached hydrogens (tertiary/aromatic N) is 4. The first-order valence-electron chi connectivity index (χ1n) is 13.3. The summed E-state index contributed by atoms with van der Waals surface area (Å²) in [4.78, 5) is 37.6. The fraction of sp³-hybridized carbons (Fsp3) is 0.720. The fourth-order valence-electron chi connectivity index (χ4n) is 3.65. The van der Waals surface area contributed by atoms with Crippen molar-refractivity contribution in [2.24, 2.45) is 0 Å². The van der Waals surface area contributed by atoms with Crippen molar-refractivity contribution in [1.29, 1.82) is 0 Å². The number of nitrogen functional groups attached to an aromatic ring is 1. The molecule has 0 aliphatic rings. The molecule has 3 unspecified atom stereocenters. The van der Waals surface area contributed by atoms with E-state index in [1.807, 2.05) is 0 Å². The first-order chi connectivity index (χ1) is 18.3. The summed E-state index contributed by atoms with van der Waals surface area (Å²) < 4.78 is 37.9. The Hall–Kier alpha value is -2.60. The first-order valence-corrected chi connectivity index (χ1v) is 15.1. The van der Waals surface area contributed by atoms with Crippen molar-refractivity contribution in [3.05, 3.63) is 12.7 Å². The molecule has 2 heterocycles. The summed E-state index contributed by atoms with van der Waals surface area (Å²) in [6, 6.07) is 0. The monoisotopic (exact) mass is 570 g/mol. The average molecular weight is 571 g/mol. The van der Waals surface area contributed by atoms with Crippen molar-refractivity contribution in [3.63, 3.8) is 0 Å². The number of ether oxygens (including phenoxy) is 3. The number of anilines is 1. The largest absolute Gasteiger partial charge is 0.464 e. The highest BCUT2D eigenvalue weighted by molar-refractivity contribution is 7.56. The zero-order chi connectivity index (χ0) is 29.2. The van der Waals surface area contributed by atoms with Crippen LogP contribution < -0.4 is 10.8 Å². The van der Waals surface area contributed by atoms with Crippen LogP contribution in [-0.2, 0) is 39.4 Å². The standard InChI is InChI=1S/C25H43N6O7P/c1-8-9-10-11-12-35-24(33)25(6,7)30-39(34,38-19(5)23(32)37-17(2)3)16-36-18(4)13-31-15-29-20-21(26)27-14-28-22(20)31/h14-15,17-19H,8-13,16H2,1-7H3,(H,30,34)(H2,26,27,28). The van der Waals surface area contributed by atoms with Crippen molar-refractivity contribution in [2.45, 2.75) is 105 Å². The number of carbonyl (C=O) groups is 2. The molecule has 2 rings (SSSR count). The van der Waals surface area contributed by atoms with Crippen LogP contribution in [0.1, 0.15) is 74.1 Å². The molecule has 0 saturated carbocycles. The Bertz CT molecular complexity index is 1140. The van der Waals surface area contributed by atoms with E-state index in [1.54, 1.807) is 45.5 Å². The van der Waals surface area contributed by atoms with E-state index in [9.17, 15) is 14.2 Å². The molecule has 39 heavy (non-hydrogen) atoms. The van der Waals surface area contributed by atoms with Gasteiger partial charge in [0.05, 0.1) is 31.7 Å². The van der Waals surface area contributed by atoms with Crippen LogP contribution in [0.3, 0.4) is 0 Å². The summed E-state index contributed by atoms with van der Waals surface area (Å²) >= 11 is 0. The highest BCUT2D eigenvalue weighted by Crippen LogP contribution is 2.46. The Labute approximate surface area is 230 Å². The molecule has 220 valence electrons. The number of imidazole rings is 1. The maximum atomic E-state index is 14.0. The van der Waals surface area contributed by atoms with E-state index >= 15 is 0 Å². The Kier molecular flexibility index (Phi) is 12.3. The molecule has 0 bridgehead atoms. The quantitative estimate of drug-likeness (QED) is 0.160. The smallest absolute Gasteiger partial charge is 0.335 e. The number of hydrogen-bond acceptors (Lipinski definition) is 11. The second kappa shape index (κ2) is 14.7. The van der Waals surface area contributed by atoms with Gasteiger partial charge in [-0.2, -0.15) is 0 Å². The number of rotatable bonds is 17. The Morgan fingerprint density at radius 3 is 2.51 bits per heavy atom. The van der Waals surface area contributed by atoms with Crippen LogP contribution >= 0.6 is 7.52 Å². The summed E-state index contributed by atoms with van der Waals surface area (Å²) in [5, 5.41) is 2.78. The zero-order valence-electron chi connectivity index (χ0n) is 24.0. The van der Waals surface area contributed by atoms with Crippen LogP contribution in [-0.4, -0.2) is 68.3 Å². The topological polar surface area (TPSA) is 170 Å². The zero-order valence-corrected chi connectivity index (χ0v) is 24.9. The lowest BCUT2D eigenvalue weighted by molar-refractivity contribution is -0.155. The summed E-state index contributed by atoms with van der Waals surface area (Å²) in [6.07, 6.45) is 4.25. The Morgan fingerprint density at radius 1 is 1.13 bits per heavy atom. The van der Waals surface area contributed by atoms with Gasteiger partial charge in [-0.15, -0.1) is 0 Å². The molecule has 2 aromatic rings. The van der Waals surface area contributed by atoms with Gasteiger partial charge in [0.25, 0.3) is 7.52 Å². The predicted molar refractivity (Wildman–Crippen MR) is 147 cm³/mol. The van der Waals surface area contributed by atoms with Gasteiger partial charge in [0.1, 0.15) is 23.7 Å². The normalized spacial score (nSPS) is 15.2. The van der Waals surface area contributed by atoms with Gasteiger partial charge in [0.2, 0.25) is 0 Å². The van der Waals surface area contributed by atoms with E-state index in [4.69, 9.17) is 24.5 Å². The molecule has 2 aromatic heterocycles. The third-order valence-corrected chi connectivity index (χ3v) is 7.66. The van der Waals surface area contributed by atoms with Gasteiger partial charge >= 0.3 is 11.9 Å². The Balaban J connectivity index is 2.12. The molecule has 0 fully saturated rings. The van der Waals surface area contributed by atoms with Crippen molar-refractivity contribution in [1.82, 2.24) is 24.6 Å². The lowest BCUT2D eigenvalue weighted by atomic mass is 10.1. The molecular weight excluding hydrogens is 527 g/mol. The van der Waals surface area contributed by atoms with Crippen molar-refractivity contribution in [2.75, 3.05) is 18.7 Å². The minimum atomic E-state index is -3.94. The van der Waals surface area contributed by atoms with Crippen molar-refractivity contribution in [3.8, 4) is 0 Å².